The Morgan fingerprint density at radius 1 is 1.09 bits per heavy atom. The van der Waals surface area contributed by atoms with Gasteiger partial charge in [0.2, 0.25) is 0 Å². The van der Waals surface area contributed by atoms with Crippen LogP contribution in [0.3, 0.4) is 0 Å². The summed E-state index contributed by atoms with van der Waals surface area (Å²) in [7, 11) is 1.70. The highest BCUT2D eigenvalue weighted by Crippen LogP contribution is 2.19. The second kappa shape index (κ2) is 8.96. The third kappa shape index (κ3) is 4.64. The van der Waals surface area contributed by atoms with Gasteiger partial charge in [0.05, 0.1) is 5.69 Å². The second-order valence-corrected chi connectivity index (χ2v) is 7.23. The van der Waals surface area contributed by atoms with Gasteiger partial charge >= 0.3 is 0 Å². The van der Waals surface area contributed by atoms with E-state index in [-0.39, 0.29) is 11.7 Å². The first kappa shape index (κ1) is 21.2. The predicted octanol–water partition coefficient (Wildman–Crippen LogP) is 2.66. The molecule has 2 N–H and O–H groups in total. The Labute approximate surface area is 184 Å². The van der Waals surface area contributed by atoms with Gasteiger partial charge < -0.3 is 10.6 Å². The number of carbonyl (C=O) groups excluding carboxylic acids is 1. The van der Waals surface area contributed by atoms with E-state index in [2.05, 4.69) is 30.7 Å². The fourth-order valence-corrected chi connectivity index (χ4v) is 3.28. The average Bonchev–Trinajstić information content (AvgIpc) is 3.37. The van der Waals surface area contributed by atoms with Gasteiger partial charge in [0.25, 0.3) is 5.91 Å². The number of nitrogens with zero attached hydrogens (tertiary/aromatic N) is 6. The molecule has 3 heterocycles. The van der Waals surface area contributed by atoms with Crippen molar-refractivity contribution in [3.63, 3.8) is 0 Å². The summed E-state index contributed by atoms with van der Waals surface area (Å²) in [4.78, 5) is 25.6. The molecule has 3 aromatic heterocycles. The summed E-state index contributed by atoms with van der Waals surface area (Å²) in [5.74, 6) is 2.28. The number of halogens is 1. The van der Waals surface area contributed by atoms with Crippen molar-refractivity contribution in [2.24, 2.45) is 7.05 Å². The molecular weight excluding hydrogens is 411 g/mol. The Hall–Kier alpha value is -4.08. The number of rotatable bonds is 7. The van der Waals surface area contributed by atoms with Crippen LogP contribution in [-0.2, 0) is 7.05 Å². The van der Waals surface area contributed by atoms with Crippen LogP contribution in [0.25, 0.3) is 17.1 Å². The van der Waals surface area contributed by atoms with Crippen LogP contribution < -0.4 is 10.6 Å². The van der Waals surface area contributed by atoms with Gasteiger partial charge in [-0.2, -0.15) is 5.10 Å². The zero-order valence-corrected chi connectivity index (χ0v) is 18.0. The molecule has 32 heavy (non-hydrogen) atoms. The van der Waals surface area contributed by atoms with Crippen molar-refractivity contribution in [2.75, 3.05) is 18.4 Å². The van der Waals surface area contributed by atoms with Gasteiger partial charge in [-0.1, -0.05) is 0 Å². The Balaban J connectivity index is 1.35. The van der Waals surface area contributed by atoms with Gasteiger partial charge in [0, 0.05) is 44.2 Å². The zero-order chi connectivity index (χ0) is 22.7. The molecule has 0 bridgehead atoms. The lowest BCUT2D eigenvalue weighted by Crippen LogP contribution is -2.30. The van der Waals surface area contributed by atoms with E-state index in [1.165, 1.54) is 16.8 Å². The number of aryl methyl sites for hydroxylation is 3. The molecule has 4 rings (SSSR count). The summed E-state index contributed by atoms with van der Waals surface area (Å²) in [6.45, 7) is 4.59. The molecule has 0 aliphatic heterocycles. The molecule has 0 saturated heterocycles. The minimum atomic E-state index is -0.318. The monoisotopic (exact) mass is 434 g/mol. The van der Waals surface area contributed by atoms with Crippen molar-refractivity contribution in [1.82, 2.24) is 34.6 Å². The largest absolute Gasteiger partial charge is 0.368 e. The van der Waals surface area contributed by atoms with E-state index in [1.54, 1.807) is 31.4 Å². The molecule has 0 fully saturated rings. The number of imidazole rings is 1. The summed E-state index contributed by atoms with van der Waals surface area (Å²) >= 11 is 0. The standard InChI is InChI=1S/C22H23FN8O/c1-14-27-20(13-21(28-14)31-11-10-24-15(31)2)25-8-9-26-22(32)19-12-18(29-30(19)3)16-4-6-17(23)7-5-16/h4-7,10-13H,8-9H2,1-3H3,(H,26,32)(H,25,27,28). The second-order valence-electron chi connectivity index (χ2n) is 7.23. The van der Waals surface area contributed by atoms with Crippen LogP contribution in [0.4, 0.5) is 10.2 Å². The minimum Gasteiger partial charge on any atom is -0.368 e. The first-order valence-electron chi connectivity index (χ1n) is 10.1. The summed E-state index contributed by atoms with van der Waals surface area (Å²) in [5, 5.41) is 10.4. The molecule has 4 aromatic rings. The van der Waals surface area contributed by atoms with Gasteiger partial charge in [-0.3, -0.25) is 14.0 Å². The summed E-state index contributed by atoms with van der Waals surface area (Å²) in [6.07, 6.45) is 3.56. The van der Waals surface area contributed by atoms with Crippen molar-refractivity contribution in [2.45, 2.75) is 13.8 Å². The lowest BCUT2D eigenvalue weighted by Gasteiger charge is -2.10. The fourth-order valence-electron chi connectivity index (χ4n) is 3.28. The molecule has 0 radical (unpaired) electrons. The van der Waals surface area contributed by atoms with Gasteiger partial charge in [-0.05, 0) is 44.2 Å². The molecule has 0 aliphatic carbocycles. The summed E-state index contributed by atoms with van der Waals surface area (Å²) < 4.78 is 16.5. The fraction of sp³-hybridized carbons (Fsp3) is 0.227. The van der Waals surface area contributed by atoms with Crippen LogP contribution in [0.15, 0.2) is 48.8 Å². The normalized spacial score (nSPS) is 10.9. The van der Waals surface area contributed by atoms with E-state index < -0.39 is 0 Å². The Morgan fingerprint density at radius 3 is 2.59 bits per heavy atom. The first-order valence-corrected chi connectivity index (χ1v) is 10.1. The van der Waals surface area contributed by atoms with Gasteiger partial charge in [0.15, 0.2) is 0 Å². The first-order chi connectivity index (χ1) is 15.4. The molecule has 0 spiro atoms. The van der Waals surface area contributed by atoms with Gasteiger partial charge in [-0.15, -0.1) is 0 Å². The number of amides is 1. The highest BCUT2D eigenvalue weighted by Gasteiger charge is 2.14. The Kier molecular flexibility index (Phi) is 5.93. The van der Waals surface area contributed by atoms with Crippen molar-refractivity contribution in [3.8, 4) is 17.1 Å². The molecule has 1 amide bonds. The average molecular weight is 434 g/mol. The predicted molar refractivity (Wildman–Crippen MR) is 118 cm³/mol. The number of aromatic nitrogens is 6. The number of benzene rings is 1. The topological polar surface area (TPSA) is 103 Å². The van der Waals surface area contributed by atoms with Crippen molar-refractivity contribution in [1.29, 1.82) is 0 Å². The van der Waals surface area contributed by atoms with Crippen LogP contribution >= 0.6 is 0 Å². The SMILES string of the molecule is Cc1nc(NCCNC(=O)c2cc(-c3ccc(F)cc3)nn2C)cc(-n2ccnc2C)n1. The van der Waals surface area contributed by atoms with Crippen LogP contribution in [0.2, 0.25) is 0 Å². The van der Waals surface area contributed by atoms with Crippen LogP contribution in [0.5, 0.6) is 0 Å². The lowest BCUT2D eigenvalue weighted by atomic mass is 10.1. The van der Waals surface area contributed by atoms with Gasteiger partial charge in [-0.25, -0.2) is 19.3 Å². The third-order valence-corrected chi connectivity index (χ3v) is 4.87. The molecule has 9 nitrogen and oxygen atoms in total. The molecule has 0 saturated carbocycles. The molecular formula is C22H23FN8O. The summed E-state index contributed by atoms with van der Waals surface area (Å²) in [5.41, 5.74) is 1.76. The van der Waals surface area contributed by atoms with E-state index in [9.17, 15) is 9.18 Å². The van der Waals surface area contributed by atoms with Crippen LogP contribution in [0.1, 0.15) is 22.1 Å². The Morgan fingerprint density at radius 2 is 1.88 bits per heavy atom. The van der Waals surface area contributed by atoms with Crippen molar-refractivity contribution >= 4 is 11.7 Å². The van der Waals surface area contributed by atoms with Crippen molar-refractivity contribution in [3.05, 3.63) is 72.0 Å². The van der Waals surface area contributed by atoms with E-state index in [4.69, 9.17) is 0 Å². The maximum Gasteiger partial charge on any atom is 0.269 e. The van der Waals surface area contributed by atoms with E-state index >= 15 is 0 Å². The summed E-state index contributed by atoms with van der Waals surface area (Å²) in [6, 6.07) is 9.51. The van der Waals surface area contributed by atoms with Crippen LogP contribution in [-0.4, -0.2) is 48.3 Å². The molecule has 0 aliphatic rings. The van der Waals surface area contributed by atoms with Crippen molar-refractivity contribution < 1.29 is 9.18 Å². The smallest absolute Gasteiger partial charge is 0.269 e. The number of hydrogen-bond donors (Lipinski definition) is 2. The third-order valence-electron chi connectivity index (χ3n) is 4.87. The number of carbonyl (C=O) groups is 1. The van der Waals surface area contributed by atoms with E-state index in [0.717, 1.165) is 17.2 Å². The molecule has 1 aromatic carbocycles. The minimum absolute atomic E-state index is 0.247. The molecule has 10 heteroatoms. The maximum atomic E-state index is 13.1. The van der Waals surface area contributed by atoms with E-state index in [0.29, 0.717) is 36.1 Å². The molecule has 0 unspecified atom stereocenters. The number of anilines is 1. The highest BCUT2D eigenvalue weighted by molar-refractivity contribution is 5.93. The Bertz CT molecular complexity index is 1250. The number of hydrogen-bond acceptors (Lipinski definition) is 6. The molecule has 164 valence electrons. The highest BCUT2D eigenvalue weighted by atomic mass is 19.1. The van der Waals surface area contributed by atoms with Gasteiger partial charge in [0.1, 0.15) is 34.8 Å². The molecule has 0 atom stereocenters. The van der Waals surface area contributed by atoms with E-state index in [1.807, 2.05) is 30.7 Å². The quantitative estimate of drug-likeness (QED) is 0.434. The van der Waals surface area contributed by atoms with Crippen LogP contribution in [0, 0.1) is 19.7 Å². The maximum absolute atomic E-state index is 13.1. The lowest BCUT2D eigenvalue weighted by molar-refractivity contribution is 0.0945. The number of nitrogens with one attached hydrogen (secondary N) is 2. The zero-order valence-electron chi connectivity index (χ0n) is 18.0.